The van der Waals surface area contributed by atoms with E-state index in [4.69, 9.17) is 4.74 Å². The number of nitrogens with one attached hydrogen (secondary N) is 1. The third kappa shape index (κ3) is 2.58. The average molecular weight is 234 g/mol. The Morgan fingerprint density at radius 2 is 2.35 bits per heavy atom. The standard InChI is InChI=1S/C13H18N2O2/c1-15(7-8-17-2)13(16)11-3-4-12-10(9-11)5-6-14-12/h3-4,9,14H,5-8H2,1-2H3. The van der Waals surface area contributed by atoms with Crippen LogP contribution in [0.3, 0.4) is 0 Å². The zero-order valence-corrected chi connectivity index (χ0v) is 10.3. The molecular formula is C13H18N2O2. The van der Waals surface area contributed by atoms with E-state index in [-0.39, 0.29) is 5.91 Å². The van der Waals surface area contributed by atoms with Crippen molar-refractivity contribution in [3.05, 3.63) is 29.3 Å². The Labute approximate surface area is 102 Å². The van der Waals surface area contributed by atoms with Gasteiger partial charge in [0.25, 0.3) is 5.91 Å². The number of methoxy groups -OCH3 is 1. The van der Waals surface area contributed by atoms with E-state index in [1.165, 1.54) is 5.56 Å². The number of likely N-dealkylation sites (N-methyl/N-ethyl adjacent to an activating group) is 1. The van der Waals surface area contributed by atoms with Gasteiger partial charge in [-0.15, -0.1) is 0 Å². The summed E-state index contributed by atoms with van der Waals surface area (Å²) < 4.78 is 4.97. The monoisotopic (exact) mass is 234 g/mol. The predicted molar refractivity (Wildman–Crippen MR) is 67.5 cm³/mol. The number of nitrogens with zero attached hydrogens (tertiary/aromatic N) is 1. The normalized spacial score (nSPS) is 13.1. The number of anilines is 1. The quantitative estimate of drug-likeness (QED) is 0.855. The van der Waals surface area contributed by atoms with Gasteiger partial charge in [0.1, 0.15) is 0 Å². The SMILES string of the molecule is COCCN(C)C(=O)c1ccc2c(c1)CCN2. The van der Waals surface area contributed by atoms with Crippen molar-refractivity contribution in [2.75, 3.05) is 39.2 Å². The summed E-state index contributed by atoms with van der Waals surface area (Å²) in [6.45, 7) is 2.14. The fourth-order valence-corrected chi connectivity index (χ4v) is 1.99. The van der Waals surface area contributed by atoms with Crippen molar-refractivity contribution >= 4 is 11.6 Å². The Morgan fingerprint density at radius 1 is 1.53 bits per heavy atom. The smallest absolute Gasteiger partial charge is 0.253 e. The third-order valence-electron chi connectivity index (χ3n) is 3.04. The van der Waals surface area contributed by atoms with Crippen molar-refractivity contribution in [1.29, 1.82) is 0 Å². The second-order valence-electron chi connectivity index (χ2n) is 4.27. The van der Waals surface area contributed by atoms with Crippen molar-refractivity contribution in [3.8, 4) is 0 Å². The van der Waals surface area contributed by atoms with Gasteiger partial charge in [-0.1, -0.05) is 0 Å². The Morgan fingerprint density at radius 3 is 3.12 bits per heavy atom. The van der Waals surface area contributed by atoms with Crippen molar-refractivity contribution in [2.45, 2.75) is 6.42 Å². The van der Waals surface area contributed by atoms with E-state index in [0.29, 0.717) is 13.2 Å². The van der Waals surface area contributed by atoms with E-state index in [2.05, 4.69) is 5.32 Å². The predicted octanol–water partition coefficient (Wildman–Crippen LogP) is 1.37. The number of benzene rings is 1. The highest BCUT2D eigenvalue weighted by Gasteiger charge is 2.15. The lowest BCUT2D eigenvalue weighted by Crippen LogP contribution is -2.29. The van der Waals surface area contributed by atoms with Gasteiger partial charge in [-0.3, -0.25) is 4.79 Å². The van der Waals surface area contributed by atoms with E-state index in [0.717, 1.165) is 24.2 Å². The van der Waals surface area contributed by atoms with E-state index in [9.17, 15) is 4.79 Å². The summed E-state index contributed by atoms with van der Waals surface area (Å²) >= 11 is 0. The molecule has 2 rings (SSSR count). The van der Waals surface area contributed by atoms with E-state index >= 15 is 0 Å². The highest BCUT2D eigenvalue weighted by Crippen LogP contribution is 2.23. The zero-order chi connectivity index (χ0) is 12.3. The Hall–Kier alpha value is -1.55. The summed E-state index contributed by atoms with van der Waals surface area (Å²) in [6.07, 6.45) is 0.998. The minimum absolute atomic E-state index is 0.0525. The molecular weight excluding hydrogens is 216 g/mol. The first-order valence-electron chi connectivity index (χ1n) is 5.83. The average Bonchev–Trinajstić information content (AvgIpc) is 2.81. The number of ether oxygens (including phenoxy) is 1. The zero-order valence-electron chi connectivity index (χ0n) is 10.3. The molecule has 1 aromatic carbocycles. The van der Waals surface area contributed by atoms with E-state index in [1.807, 2.05) is 18.2 Å². The van der Waals surface area contributed by atoms with Crippen molar-refractivity contribution in [1.82, 2.24) is 4.90 Å². The largest absolute Gasteiger partial charge is 0.384 e. The number of carbonyl (C=O) groups excluding carboxylic acids is 1. The molecule has 0 saturated carbocycles. The first kappa shape index (κ1) is 11.9. The minimum atomic E-state index is 0.0525. The first-order chi connectivity index (χ1) is 8.22. The molecule has 0 saturated heterocycles. The number of carbonyl (C=O) groups is 1. The van der Waals surface area contributed by atoms with Gasteiger partial charge in [0, 0.05) is 38.5 Å². The second-order valence-corrected chi connectivity index (χ2v) is 4.27. The molecule has 0 radical (unpaired) electrons. The van der Waals surface area contributed by atoms with Gasteiger partial charge in [0.2, 0.25) is 0 Å². The van der Waals surface area contributed by atoms with Crippen LogP contribution in [0.4, 0.5) is 5.69 Å². The molecule has 1 aromatic rings. The number of hydrogen-bond donors (Lipinski definition) is 1. The molecule has 92 valence electrons. The number of hydrogen-bond acceptors (Lipinski definition) is 3. The molecule has 0 aliphatic carbocycles. The van der Waals surface area contributed by atoms with Gasteiger partial charge < -0.3 is 15.0 Å². The lowest BCUT2D eigenvalue weighted by molar-refractivity contribution is 0.0744. The highest BCUT2D eigenvalue weighted by molar-refractivity contribution is 5.94. The Kier molecular flexibility index (Phi) is 3.64. The first-order valence-corrected chi connectivity index (χ1v) is 5.83. The summed E-state index contributed by atoms with van der Waals surface area (Å²) in [5.41, 5.74) is 3.14. The van der Waals surface area contributed by atoms with Crippen LogP contribution in [0.2, 0.25) is 0 Å². The molecule has 1 aliphatic rings. The second kappa shape index (κ2) is 5.19. The Balaban J connectivity index is 2.09. The molecule has 1 aliphatic heterocycles. The van der Waals surface area contributed by atoms with Gasteiger partial charge in [0.15, 0.2) is 0 Å². The van der Waals surface area contributed by atoms with Crippen LogP contribution in [0.5, 0.6) is 0 Å². The lowest BCUT2D eigenvalue weighted by Gasteiger charge is -2.17. The molecule has 4 nitrogen and oxygen atoms in total. The van der Waals surface area contributed by atoms with E-state index in [1.54, 1.807) is 19.1 Å². The molecule has 0 unspecified atom stereocenters. The molecule has 1 amide bonds. The summed E-state index contributed by atoms with van der Waals surface area (Å²) in [4.78, 5) is 13.8. The molecule has 17 heavy (non-hydrogen) atoms. The van der Waals surface area contributed by atoms with Gasteiger partial charge >= 0.3 is 0 Å². The van der Waals surface area contributed by atoms with Crippen LogP contribution in [0.25, 0.3) is 0 Å². The Bertz CT molecular complexity index is 418. The summed E-state index contributed by atoms with van der Waals surface area (Å²) in [6, 6.07) is 5.85. The molecule has 0 spiro atoms. The fourth-order valence-electron chi connectivity index (χ4n) is 1.99. The van der Waals surface area contributed by atoms with Crippen LogP contribution < -0.4 is 5.32 Å². The van der Waals surface area contributed by atoms with Crippen LogP contribution in [0.1, 0.15) is 15.9 Å². The summed E-state index contributed by atoms with van der Waals surface area (Å²) in [5.74, 6) is 0.0525. The van der Waals surface area contributed by atoms with Crippen molar-refractivity contribution < 1.29 is 9.53 Å². The maximum atomic E-state index is 12.1. The van der Waals surface area contributed by atoms with Crippen LogP contribution in [0.15, 0.2) is 18.2 Å². The molecule has 0 aromatic heterocycles. The van der Waals surface area contributed by atoms with Crippen LogP contribution >= 0.6 is 0 Å². The maximum Gasteiger partial charge on any atom is 0.253 e. The number of rotatable bonds is 4. The van der Waals surface area contributed by atoms with Crippen LogP contribution in [-0.4, -0.2) is 44.7 Å². The molecule has 0 atom stereocenters. The molecule has 0 bridgehead atoms. The molecule has 4 heteroatoms. The molecule has 0 fully saturated rings. The highest BCUT2D eigenvalue weighted by atomic mass is 16.5. The van der Waals surface area contributed by atoms with Crippen LogP contribution in [0, 0.1) is 0 Å². The van der Waals surface area contributed by atoms with Gasteiger partial charge in [0.05, 0.1) is 6.61 Å². The third-order valence-corrected chi connectivity index (χ3v) is 3.04. The summed E-state index contributed by atoms with van der Waals surface area (Å²) in [5, 5.41) is 3.28. The number of amides is 1. The summed E-state index contributed by atoms with van der Waals surface area (Å²) in [7, 11) is 3.44. The maximum absolute atomic E-state index is 12.1. The lowest BCUT2D eigenvalue weighted by atomic mass is 10.1. The fraction of sp³-hybridized carbons (Fsp3) is 0.462. The van der Waals surface area contributed by atoms with Crippen LogP contribution in [-0.2, 0) is 11.2 Å². The minimum Gasteiger partial charge on any atom is -0.384 e. The number of fused-ring (bicyclic) bond motifs is 1. The molecule has 1 heterocycles. The van der Waals surface area contributed by atoms with Gasteiger partial charge in [-0.25, -0.2) is 0 Å². The topological polar surface area (TPSA) is 41.6 Å². The van der Waals surface area contributed by atoms with E-state index < -0.39 is 0 Å². The van der Waals surface area contributed by atoms with Gasteiger partial charge in [-0.2, -0.15) is 0 Å². The van der Waals surface area contributed by atoms with Crippen molar-refractivity contribution in [2.24, 2.45) is 0 Å². The van der Waals surface area contributed by atoms with Crippen molar-refractivity contribution in [3.63, 3.8) is 0 Å². The van der Waals surface area contributed by atoms with Gasteiger partial charge in [-0.05, 0) is 30.2 Å². The molecule has 1 N–H and O–H groups in total.